The van der Waals surface area contributed by atoms with Crippen molar-refractivity contribution in [2.24, 2.45) is 5.92 Å². The van der Waals surface area contributed by atoms with Gasteiger partial charge in [0.15, 0.2) is 0 Å². The average Bonchev–Trinajstić information content (AvgIpc) is 2.31. The van der Waals surface area contributed by atoms with Gasteiger partial charge in [0.25, 0.3) is 0 Å². The van der Waals surface area contributed by atoms with E-state index in [1.54, 1.807) is 0 Å². The highest BCUT2D eigenvalue weighted by atomic mass is 35.5. The van der Waals surface area contributed by atoms with E-state index in [0.29, 0.717) is 12.5 Å². The summed E-state index contributed by atoms with van der Waals surface area (Å²) in [6.45, 7) is 6.12. The van der Waals surface area contributed by atoms with Crippen LogP contribution in [0, 0.1) is 5.92 Å². The van der Waals surface area contributed by atoms with Crippen LogP contribution in [0.15, 0.2) is 0 Å². The molecule has 1 heterocycles. The van der Waals surface area contributed by atoms with Crippen molar-refractivity contribution in [3.8, 4) is 0 Å². The number of hydrogen-bond acceptors (Lipinski definition) is 2. The van der Waals surface area contributed by atoms with Crippen LogP contribution in [-0.4, -0.2) is 43.0 Å². The lowest BCUT2D eigenvalue weighted by atomic mass is 9.85. The van der Waals surface area contributed by atoms with Crippen LogP contribution < -0.4 is 5.32 Å². The Labute approximate surface area is 121 Å². The fraction of sp³-hybridized carbons (Fsp3) is 1.00. The zero-order chi connectivity index (χ0) is 13.0. The fourth-order valence-corrected chi connectivity index (χ4v) is 3.42. The standard InChI is InChI=1S/C14H26F2N2.ClH/c1-2-4-13-10-17-7-8-18(13)11-12-5-3-6-14(15,16)9-12;/h12-13,17H,2-11H2,1H3;1H. The summed E-state index contributed by atoms with van der Waals surface area (Å²) in [7, 11) is 0. The minimum absolute atomic E-state index is 0. The van der Waals surface area contributed by atoms with Crippen LogP contribution in [-0.2, 0) is 0 Å². The molecule has 0 aromatic heterocycles. The summed E-state index contributed by atoms with van der Waals surface area (Å²) in [6.07, 6.45) is 4.24. The first kappa shape index (κ1) is 17.1. The van der Waals surface area contributed by atoms with Gasteiger partial charge in [-0.25, -0.2) is 8.78 Å². The summed E-state index contributed by atoms with van der Waals surface area (Å²) >= 11 is 0. The fourth-order valence-electron chi connectivity index (χ4n) is 3.42. The second-order valence-electron chi connectivity index (χ2n) is 5.96. The number of alkyl halides is 2. The summed E-state index contributed by atoms with van der Waals surface area (Å²) < 4.78 is 26.8. The Hall–Kier alpha value is 0.0700. The van der Waals surface area contributed by atoms with Crippen LogP contribution in [0.25, 0.3) is 0 Å². The lowest BCUT2D eigenvalue weighted by Gasteiger charge is -2.40. The molecule has 0 aromatic carbocycles. The minimum Gasteiger partial charge on any atom is -0.314 e. The molecular weight excluding hydrogens is 270 g/mol. The zero-order valence-corrected chi connectivity index (χ0v) is 12.7. The molecule has 1 saturated carbocycles. The summed E-state index contributed by atoms with van der Waals surface area (Å²) in [5, 5.41) is 3.41. The van der Waals surface area contributed by atoms with E-state index in [2.05, 4.69) is 17.1 Å². The molecule has 1 N–H and O–H groups in total. The first-order valence-electron chi connectivity index (χ1n) is 7.43. The molecule has 0 spiro atoms. The van der Waals surface area contributed by atoms with E-state index in [0.717, 1.165) is 32.6 Å². The lowest BCUT2D eigenvalue weighted by Crippen LogP contribution is -2.53. The van der Waals surface area contributed by atoms with Gasteiger partial charge < -0.3 is 5.32 Å². The third kappa shape index (κ3) is 5.16. The van der Waals surface area contributed by atoms with Crippen LogP contribution in [0.4, 0.5) is 8.78 Å². The lowest BCUT2D eigenvalue weighted by molar-refractivity contribution is -0.0595. The van der Waals surface area contributed by atoms with Crippen molar-refractivity contribution in [3.63, 3.8) is 0 Å². The van der Waals surface area contributed by atoms with Crippen LogP contribution in [0.2, 0.25) is 0 Å². The molecule has 114 valence electrons. The van der Waals surface area contributed by atoms with Crippen LogP contribution in [0.1, 0.15) is 45.4 Å². The number of rotatable bonds is 4. The van der Waals surface area contributed by atoms with Crippen LogP contribution in [0.3, 0.4) is 0 Å². The predicted molar refractivity (Wildman–Crippen MR) is 77.3 cm³/mol. The van der Waals surface area contributed by atoms with Crippen molar-refractivity contribution in [2.45, 2.75) is 57.4 Å². The van der Waals surface area contributed by atoms with E-state index >= 15 is 0 Å². The number of nitrogens with one attached hydrogen (secondary N) is 1. The third-order valence-corrected chi connectivity index (χ3v) is 4.33. The number of nitrogens with zero attached hydrogens (tertiary/aromatic N) is 1. The molecule has 5 heteroatoms. The molecule has 1 aliphatic carbocycles. The van der Waals surface area contributed by atoms with Crippen LogP contribution >= 0.6 is 12.4 Å². The van der Waals surface area contributed by atoms with Crippen molar-refractivity contribution in [1.82, 2.24) is 10.2 Å². The van der Waals surface area contributed by atoms with Crippen molar-refractivity contribution in [1.29, 1.82) is 0 Å². The van der Waals surface area contributed by atoms with E-state index in [9.17, 15) is 8.78 Å². The van der Waals surface area contributed by atoms with E-state index in [4.69, 9.17) is 0 Å². The molecule has 2 fully saturated rings. The maximum Gasteiger partial charge on any atom is 0.248 e. The van der Waals surface area contributed by atoms with Gasteiger partial charge in [-0.1, -0.05) is 13.3 Å². The molecule has 2 unspecified atom stereocenters. The molecule has 0 radical (unpaired) electrons. The number of halogens is 3. The van der Waals surface area contributed by atoms with Gasteiger partial charge >= 0.3 is 0 Å². The quantitative estimate of drug-likeness (QED) is 0.856. The molecule has 2 rings (SSSR count). The largest absolute Gasteiger partial charge is 0.314 e. The highest BCUT2D eigenvalue weighted by Crippen LogP contribution is 2.37. The van der Waals surface area contributed by atoms with Gasteiger partial charge in [0.05, 0.1) is 0 Å². The molecule has 2 aliphatic rings. The smallest absolute Gasteiger partial charge is 0.248 e. The van der Waals surface area contributed by atoms with Gasteiger partial charge in [-0.15, -0.1) is 12.4 Å². The van der Waals surface area contributed by atoms with Crippen molar-refractivity contribution < 1.29 is 8.78 Å². The Morgan fingerprint density at radius 3 is 2.84 bits per heavy atom. The van der Waals surface area contributed by atoms with Crippen molar-refractivity contribution in [3.05, 3.63) is 0 Å². The minimum atomic E-state index is -2.41. The Morgan fingerprint density at radius 2 is 2.16 bits per heavy atom. The van der Waals surface area contributed by atoms with Gasteiger partial charge in [-0.3, -0.25) is 4.90 Å². The second kappa shape index (κ2) is 7.75. The van der Waals surface area contributed by atoms with Gasteiger partial charge in [0.1, 0.15) is 0 Å². The van der Waals surface area contributed by atoms with E-state index in [1.165, 1.54) is 12.8 Å². The second-order valence-corrected chi connectivity index (χ2v) is 5.96. The normalized spacial score (nSPS) is 31.7. The summed E-state index contributed by atoms with van der Waals surface area (Å²) in [6, 6.07) is 0.555. The molecule has 2 atom stereocenters. The molecular formula is C14H27ClF2N2. The molecule has 2 nitrogen and oxygen atoms in total. The molecule has 19 heavy (non-hydrogen) atoms. The zero-order valence-electron chi connectivity index (χ0n) is 11.8. The van der Waals surface area contributed by atoms with Crippen LogP contribution in [0.5, 0.6) is 0 Å². The van der Waals surface area contributed by atoms with Gasteiger partial charge in [0, 0.05) is 45.1 Å². The first-order valence-corrected chi connectivity index (χ1v) is 7.43. The molecule has 1 aliphatic heterocycles. The molecule has 1 saturated heterocycles. The Kier molecular flexibility index (Phi) is 6.98. The van der Waals surface area contributed by atoms with Gasteiger partial charge in [0.2, 0.25) is 5.92 Å². The van der Waals surface area contributed by atoms with Gasteiger partial charge in [-0.2, -0.15) is 0 Å². The van der Waals surface area contributed by atoms with Gasteiger partial charge in [-0.05, 0) is 25.2 Å². The first-order chi connectivity index (χ1) is 8.61. The SMILES string of the molecule is CCCC1CNCCN1CC1CCCC(F)(F)C1.Cl. The maximum atomic E-state index is 13.4. The average molecular weight is 297 g/mol. The molecule has 0 bridgehead atoms. The number of hydrogen-bond donors (Lipinski definition) is 1. The maximum absolute atomic E-state index is 13.4. The van der Waals surface area contributed by atoms with E-state index < -0.39 is 5.92 Å². The highest BCUT2D eigenvalue weighted by Gasteiger charge is 2.37. The predicted octanol–water partition coefficient (Wildman–Crippen LogP) is 3.31. The monoisotopic (exact) mass is 296 g/mol. The summed E-state index contributed by atoms with van der Waals surface area (Å²) in [5.74, 6) is -2.21. The Morgan fingerprint density at radius 1 is 1.37 bits per heavy atom. The number of piperazine rings is 1. The summed E-state index contributed by atoms with van der Waals surface area (Å²) in [4.78, 5) is 2.45. The Bertz CT molecular complexity index is 262. The topological polar surface area (TPSA) is 15.3 Å². The van der Waals surface area contributed by atoms with E-state index in [1.807, 2.05) is 0 Å². The molecule has 0 aromatic rings. The summed E-state index contributed by atoms with van der Waals surface area (Å²) in [5.41, 5.74) is 0. The van der Waals surface area contributed by atoms with E-state index in [-0.39, 0.29) is 31.2 Å². The highest BCUT2D eigenvalue weighted by molar-refractivity contribution is 5.85. The van der Waals surface area contributed by atoms with Crippen molar-refractivity contribution >= 4 is 12.4 Å². The third-order valence-electron chi connectivity index (χ3n) is 4.33. The van der Waals surface area contributed by atoms with Crippen molar-refractivity contribution in [2.75, 3.05) is 26.2 Å². The molecule has 0 amide bonds. The Balaban J connectivity index is 0.00000180.